The summed E-state index contributed by atoms with van der Waals surface area (Å²) in [4.78, 5) is 45.2. The zero-order valence-corrected chi connectivity index (χ0v) is 21.9. The maximum atomic E-state index is 14.3. The topological polar surface area (TPSA) is 130 Å². The van der Waals surface area contributed by atoms with Crippen LogP contribution in [0, 0.1) is 28.8 Å². The Hall–Kier alpha value is -4.37. The van der Waals surface area contributed by atoms with Gasteiger partial charge < -0.3 is 25.2 Å². The highest BCUT2D eigenvalue weighted by Crippen LogP contribution is 2.46. The van der Waals surface area contributed by atoms with Crippen molar-refractivity contribution in [2.45, 2.75) is 49.8 Å². The molecule has 2 aliphatic rings. The van der Waals surface area contributed by atoms with E-state index in [0.29, 0.717) is 17.3 Å². The number of likely N-dealkylation sites (tertiary alicyclic amines) is 1. The minimum Gasteiger partial charge on any atom is -0.390 e. The molecule has 3 N–H and O–H groups in total. The lowest BCUT2D eigenvalue weighted by atomic mass is 9.80. The number of anilines is 1. The summed E-state index contributed by atoms with van der Waals surface area (Å²) in [5, 5.41) is 23.0. The van der Waals surface area contributed by atoms with Gasteiger partial charge in [-0.3, -0.25) is 14.4 Å². The van der Waals surface area contributed by atoms with Gasteiger partial charge in [-0.2, -0.15) is 5.26 Å². The molecule has 1 aromatic heterocycles. The highest BCUT2D eigenvalue weighted by Gasteiger charge is 2.57. The molecule has 5 rings (SSSR count). The van der Waals surface area contributed by atoms with Crippen LogP contribution in [0.4, 0.5) is 18.9 Å². The number of benzene rings is 2. The lowest BCUT2D eigenvalue weighted by Crippen LogP contribution is -2.53. The van der Waals surface area contributed by atoms with E-state index in [1.807, 2.05) is 0 Å². The van der Waals surface area contributed by atoms with Gasteiger partial charge in [-0.05, 0) is 31.5 Å². The van der Waals surface area contributed by atoms with Gasteiger partial charge in [-0.1, -0.05) is 18.2 Å². The largest absolute Gasteiger partial charge is 0.390 e. The van der Waals surface area contributed by atoms with Crippen LogP contribution < -0.4 is 5.32 Å². The molecule has 0 radical (unpaired) electrons. The number of hydrogen-bond donors (Lipinski definition) is 3. The number of carbonyl (C=O) groups is 3. The van der Waals surface area contributed by atoms with E-state index in [0.717, 1.165) is 11.0 Å². The molecule has 3 heterocycles. The number of likely N-dealkylation sites (N-methyl/N-ethyl adjacent to an activating group) is 1. The summed E-state index contributed by atoms with van der Waals surface area (Å²) in [5.41, 5.74) is -2.22. The Morgan fingerprint density at radius 3 is 2.62 bits per heavy atom. The molecule has 0 saturated carbocycles. The van der Waals surface area contributed by atoms with E-state index < -0.39 is 57.9 Å². The number of aromatic amines is 1. The number of fused-ring (bicyclic) bond motifs is 3. The number of amides is 3. The quantitative estimate of drug-likeness (QED) is 0.418. The van der Waals surface area contributed by atoms with E-state index >= 15 is 0 Å². The zero-order chi connectivity index (χ0) is 29.1. The molecule has 1 unspecified atom stereocenters. The number of halogens is 3. The van der Waals surface area contributed by atoms with Gasteiger partial charge in [0.1, 0.15) is 23.6 Å². The molecule has 3 atom stereocenters. The molecular weight excluding hydrogens is 527 g/mol. The van der Waals surface area contributed by atoms with Gasteiger partial charge in [-0.15, -0.1) is 0 Å². The van der Waals surface area contributed by atoms with Crippen LogP contribution in [0.5, 0.6) is 0 Å². The number of hydrogen-bond acceptors (Lipinski definition) is 5. The summed E-state index contributed by atoms with van der Waals surface area (Å²) in [6.45, 7) is 2.76. The van der Waals surface area contributed by atoms with E-state index in [1.165, 1.54) is 25.8 Å². The number of aromatic nitrogens is 1. The average Bonchev–Trinajstić information content (AvgIpc) is 3.59. The van der Waals surface area contributed by atoms with Crippen LogP contribution in [0.15, 0.2) is 36.4 Å². The Kier molecular flexibility index (Phi) is 6.38. The van der Waals surface area contributed by atoms with Gasteiger partial charge in [0, 0.05) is 43.6 Å². The van der Waals surface area contributed by atoms with Gasteiger partial charge in [-0.25, -0.2) is 13.2 Å². The molecule has 40 heavy (non-hydrogen) atoms. The number of nitriles is 1. The van der Waals surface area contributed by atoms with Crippen molar-refractivity contribution in [3.63, 3.8) is 0 Å². The zero-order valence-electron chi connectivity index (χ0n) is 21.9. The van der Waals surface area contributed by atoms with E-state index in [-0.39, 0.29) is 36.4 Å². The second kappa shape index (κ2) is 9.38. The Morgan fingerprint density at radius 2 is 1.95 bits per heavy atom. The molecule has 0 bridgehead atoms. The first-order chi connectivity index (χ1) is 18.8. The van der Waals surface area contributed by atoms with Gasteiger partial charge in [0.2, 0.25) is 11.8 Å². The van der Waals surface area contributed by atoms with Gasteiger partial charge >= 0.3 is 0 Å². The van der Waals surface area contributed by atoms with Crippen LogP contribution in [0.1, 0.15) is 42.7 Å². The summed E-state index contributed by atoms with van der Waals surface area (Å²) in [6.07, 6.45) is -0.215. The molecule has 3 amide bonds. The van der Waals surface area contributed by atoms with Crippen molar-refractivity contribution in [1.29, 1.82) is 5.26 Å². The van der Waals surface area contributed by atoms with E-state index in [2.05, 4.69) is 16.4 Å². The van der Waals surface area contributed by atoms with Crippen LogP contribution in [0.2, 0.25) is 0 Å². The number of aliphatic hydroxyl groups is 1. The van der Waals surface area contributed by atoms with Crippen molar-refractivity contribution in [1.82, 2.24) is 14.8 Å². The highest BCUT2D eigenvalue weighted by atomic mass is 19.2. The second-order valence-corrected chi connectivity index (χ2v) is 11.0. The molecule has 3 aromatic rings. The molecule has 12 heteroatoms. The van der Waals surface area contributed by atoms with E-state index in [1.54, 1.807) is 24.3 Å². The van der Waals surface area contributed by atoms with Gasteiger partial charge in [0.05, 0.1) is 22.6 Å². The van der Waals surface area contributed by atoms with Crippen LogP contribution >= 0.6 is 0 Å². The third-order valence-corrected chi connectivity index (χ3v) is 7.67. The molecule has 1 spiro atoms. The third kappa shape index (κ3) is 4.26. The van der Waals surface area contributed by atoms with Gasteiger partial charge in [0.25, 0.3) is 5.91 Å². The van der Waals surface area contributed by atoms with Crippen molar-refractivity contribution in [3.8, 4) is 6.07 Å². The Bertz CT molecular complexity index is 1610. The first-order valence-corrected chi connectivity index (χ1v) is 12.5. The SMILES string of the molecule is CN(C(=O)c1cc2c(F)cc(F)c(F)c2[nH]1)C(CC(C)(C)O)C(=O)N1C[C@]2(C[C@H]1C#N)C(=O)Nc1ccccc12. The molecule has 1 fully saturated rings. The number of H-pyrrole nitrogens is 1. The van der Waals surface area contributed by atoms with Crippen molar-refractivity contribution >= 4 is 34.3 Å². The standard InChI is InChI=1S/C28H26F3N5O4/c1-27(2,40)11-21(35(3)24(37)20-8-15-17(29)9-18(30)22(31)23(15)33-20)25(38)36-13-28(10-14(36)12-32)16-6-4-5-7-19(16)34-26(28)39/h4-9,14,21,33,40H,10-11,13H2,1-3H3,(H,34,39)/t14-,21?,28-/m0/s1. The molecule has 9 nitrogen and oxygen atoms in total. The summed E-state index contributed by atoms with van der Waals surface area (Å²) >= 11 is 0. The summed E-state index contributed by atoms with van der Waals surface area (Å²) in [6, 6.07) is 8.15. The van der Waals surface area contributed by atoms with E-state index in [9.17, 15) is 37.9 Å². The first kappa shape index (κ1) is 27.2. The average molecular weight is 554 g/mol. The molecular formula is C28H26F3N5O4. The third-order valence-electron chi connectivity index (χ3n) is 7.67. The number of nitrogens with zero attached hydrogens (tertiary/aromatic N) is 3. The van der Waals surface area contributed by atoms with Crippen molar-refractivity contribution in [2.24, 2.45) is 0 Å². The van der Waals surface area contributed by atoms with Crippen LogP contribution in [0.25, 0.3) is 10.9 Å². The predicted molar refractivity (Wildman–Crippen MR) is 137 cm³/mol. The summed E-state index contributed by atoms with van der Waals surface area (Å²) in [5.74, 6) is -5.76. The van der Waals surface area contributed by atoms with Crippen LogP contribution in [-0.2, 0) is 15.0 Å². The lowest BCUT2D eigenvalue weighted by molar-refractivity contribution is -0.138. The van der Waals surface area contributed by atoms with Crippen molar-refractivity contribution in [2.75, 3.05) is 18.9 Å². The fraction of sp³-hybridized carbons (Fsp3) is 0.357. The smallest absolute Gasteiger partial charge is 0.270 e. The van der Waals surface area contributed by atoms with Crippen LogP contribution in [-0.4, -0.2) is 68.9 Å². The lowest BCUT2D eigenvalue weighted by Gasteiger charge is -2.35. The summed E-state index contributed by atoms with van der Waals surface area (Å²) < 4.78 is 42.3. The molecule has 1 saturated heterocycles. The maximum Gasteiger partial charge on any atom is 0.270 e. The minimum atomic E-state index is -1.45. The molecule has 2 aliphatic heterocycles. The normalized spacial score (nSPS) is 20.9. The van der Waals surface area contributed by atoms with Crippen molar-refractivity contribution in [3.05, 3.63) is 65.1 Å². The predicted octanol–water partition coefficient (Wildman–Crippen LogP) is 3.20. The van der Waals surface area contributed by atoms with E-state index in [4.69, 9.17) is 0 Å². The summed E-state index contributed by atoms with van der Waals surface area (Å²) in [7, 11) is 1.28. The minimum absolute atomic E-state index is 0.0388. The Labute approximate surface area is 227 Å². The second-order valence-electron chi connectivity index (χ2n) is 11.0. The fourth-order valence-electron chi connectivity index (χ4n) is 5.68. The fourth-order valence-corrected chi connectivity index (χ4v) is 5.68. The Balaban J connectivity index is 1.50. The first-order valence-electron chi connectivity index (χ1n) is 12.5. The van der Waals surface area contributed by atoms with Crippen molar-refractivity contribution < 1.29 is 32.7 Å². The molecule has 0 aliphatic carbocycles. The molecule has 208 valence electrons. The van der Waals surface area contributed by atoms with Crippen LogP contribution in [0.3, 0.4) is 0 Å². The Morgan fingerprint density at radius 1 is 1.25 bits per heavy atom. The number of nitrogens with one attached hydrogen (secondary N) is 2. The highest BCUT2D eigenvalue weighted by molar-refractivity contribution is 6.07. The maximum absolute atomic E-state index is 14.3. The molecule has 2 aromatic carbocycles. The number of para-hydroxylation sites is 1. The van der Waals surface area contributed by atoms with Gasteiger partial charge in [0.15, 0.2) is 11.6 Å². The number of carbonyl (C=O) groups excluding carboxylic acids is 3. The monoisotopic (exact) mass is 553 g/mol. The number of rotatable bonds is 5.